The lowest BCUT2D eigenvalue weighted by Crippen LogP contribution is -2.51. The molecule has 2 aromatic carbocycles. The van der Waals surface area contributed by atoms with Gasteiger partial charge in [0.1, 0.15) is 0 Å². The van der Waals surface area contributed by atoms with E-state index in [4.69, 9.17) is 0 Å². The van der Waals surface area contributed by atoms with Crippen molar-refractivity contribution in [2.75, 3.05) is 4.90 Å². The highest BCUT2D eigenvalue weighted by molar-refractivity contribution is 5.98. The van der Waals surface area contributed by atoms with E-state index in [1.807, 2.05) is 24.3 Å². The van der Waals surface area contributed by atoms with Crippen LogP contribution in [0.25, 0.3) is 10.8 Å². The van der Waals surface area contributed by atoms with E-state index in [-0.39, 0.29) is 0 Å². The number of hydrogen-bond acceptors (Lipinski definition) is 3. The minimum Gasteiger partial charge on any atom is -0.390 e. The van der Waals surface area contributed by atoms with Crippen LogP contribution in [0.5, 0.6) is 0 Å². The van der Waals surface area contributed by atoms with E-state index < -0.39 is 5.60 Å². The Morgan fingerprint density at radius 1 is 1.13 bits per heavy atom. The van der Waals surface area contributed by atoms with E-state index in [0.29, 0.717) is 12.1 Å². The van der Waals surface area contributed by atoms with Crippen LogP contribution in [0, 0.1) is 11.3 Å². The summed E-state index contributed by atoms with van der Waals surface area (Å²) in [6.07, 6.45) is 4.85. The first-order valence-corrected chi connectivity index (χ1v) is 8.58. The fourth-order valence-electron chi connectivity index (χ4n) is 4.61. The molecule has 2 fully saturated rings. The number of piperidine rings is 1. The summed E-state index contributed by atoms with van der Waals surface area (Å²) < 4.78 is 0. The summed E-state index contributed by atoms with van der Waals surface area (Å²) in [5.74, 6) is 0. The minimum absolute atomic E-state index is 0.412. The van der Waals surface area contributed by atoms with E-state index >= 15 is 0 Å². The fraction of sp³-hybridized carbons (Fsp3) is 0.450. The summed E-state index contributed by atoms with van der Waals surface area (Å²) in [5, 5.41) is 22.3. The first-order valence-electron chi connectivity index (χ1n) is 8.58. The normalized spacial score (nSPS) is 29.7. The smallest absolute Gasteiger partial charge is 0.0998 e. The molecular weight excluding hydrogens is 284 g/mol. The SMILES string of the molecule is CCC1(O)C[C@H]2CC[C@@H](C1)N2c1ccc(C#N)c2ccccc12. The molecular formula is C20H22N2O. The van der Waals surface area contributed by atoms with Gasteiger partial charge in [-0.15, -0.1) is 0 Å². The van der Waals surface area contributed by atoms with E-state index in [1.165, 1.54) is 5.69 Å². The van der Waals surface area contributed by atoms with Gasteiger partial charge in [-0.1, -0.05) is 31.2 Å². The zero-order valence-corrected chi connectivity index (χ0v) is 13.5. The number of anilines is 1. The molecule has 2 bridgehead atoms. The van der Waals surface area contributed by atoms with Crippen molar-refractivity contribution in [2.45, 2.75) is 56.7 Å². The van der Waals surface area contributed by atoms with Crippen LogP contribution in [0.2, 0.25) is 0 Å². The van der Waals surface area contributed by atoms with E-state index in [0.717, 1.165) is 48.4 Å². The molecule has 0 saturated carbocycles. The molecule has 0 radical (unpaired) electrons. The molecule has 0 spiro atoms. The Kier molecular flexibility index (Phi) is 3.32. The predicted octanol–water partition coefficient (Wildman–Crippen LogP) is 3.98. The van der Waals surface area contributed by atoms with Gasteiger partial charge in [0.25, 0.3) is 0 Å². The van der Waals surface area contributed by atoms with Gasteiger partial charge >= 0.3 is 0 Å². The van der Waals surface area contributed by atoms with Crippen molar-refractivity contribution >= 4 is 16.5 Å². The molecule has 3 atom stereocenters. The Labute approximate surface area is 137 Å². The second-order valence-electron chi connectivity index (χ2n) is 7.07. The predicted molar refractivity (Wildman–Crippen MR) is 92.4 cm³/mol. The maximum atomic E-state index is 10.8. The van der Waals surface area contributed by atoms with E-state index in [9.17, 15) is 10.4 Å². The molecule has 3 heteroatoms. The van der Waals surface area contributed by atoms with Crippen LogP contribution in [0.4, 0.5) is 5.69 Å². The molecule has 2 aliphatic heterocycles. The average Bonchev–Trinajstić information content (AvgIpc) is 2.86. The summed E-state index contributed by atoms with van der Waals surface area (Å²) in [5.41, 5.74) is 1.47. The number of nitrogens with zero attached hydrogens (tertiary/aromatic N) is 2. The number of fused-ring (bicyclic) bond motifs is 3. The van der Waals surface area contributed by atoms with Gasteiger partial charge in [0, 0.05) is 28.5 Å². The lowest BCUT2D eigenvalue weighted by atomic mass is 9.83. The van der Waals surface area contributed by atoms with Crippen LogP contribution in [-0.2, 0) is 0 Å². The van der Waals surface area contributed by atoms with Crippen molar-refractivity contribution in [3.8, 4) is 6.07 Å². The van der Waals surface area contributed by atoms with E-state index in [2.05, 4.69) is 30.0 Å². The summed E-state index contributed by atoms with van der Waals surface area (Å²) in [7, 11) is 0. The molecule has 1 N–H and O–H groups in total. The third-order valence-electron chi connectivity index (χ3n) is 5.81. The zero-order chi connectivity index (χ0) is 16.0. The molecule has 3 nitrogen and oxygen atoms in total. The van der Waals surface area contributed by atoms with Gasteiger partial charge in [0.2, 0.25) is 0 Å². The minimum atomic E-state index is -0.495. The highest BCUT2D eigenvalue weighted by Gasteiger charge is 2.46. The van der Waals surface area contributed by atoms with Crippen molar-refractivity contribution < 1.29 is 5.11 Å². The summed E-state index contributed by atoms with van der Waals surface area (Å²) in [6.45, 7) is 2.09. The van der Waals surface area contributed by atoms with Crippen molar-refractivity contribution in [1.29, 1.82) is 5.26 Å². The Morgan fingerprint density at radius 3 is 2.39 bits per heavy atom. The monoisotopic (exact) mass is 306 g/mol. The molecule has 2 aliphatic rings. The Morgan fingerprint density at radius 2 is 1.78 bits per heavy atom. The van der Waals surface area contributed by atoms with Gasteiger partial charge in [-0.3, -0.25) is 0 Å². The average molecular weight is 306 g/mol. The number of nitriles is 1. The Hall–Kier alpha value is -2.05. The molecule has 2 heterocycles. The number of aliphatic hydroxyl groups is 1. The van der Waals surface area contributed by atoms with Crippen molar-refractivity contribution in [3.05, 3.63) is 42.0 Å². The van der Waals surface area contributed by atoms with Crippen molar-refractivity contribution in [1.82, 2.24) is 0 Å². The van der Waals surface area contributed by atoms with Gasteiger partial charge in [-0.2, -0.15) is 5.26 Å². The second-order valence-corrected chi connectivity index (χ2v) is 7.07. The maximum Gasteiger partial charge on any atom is 0.0998 e. The summed E-state index contributed by atoms with van der Waals surface area (Å²) >= 11 is 0. The molecule has 2 aromatic rings. The third kappa shape index (κ3) is 2.21. The topological polar surface area (TPSA) is 47.3 Å². The van der Waals surface area contributed by atoms with Gasteiger partial charge in [0.15, 0.2) is 0 Å². The lowest BCUT2D eigenvalue weighted by molar-refractivity contribution is -0.00157. The van der Waals surface area contributed by atoms with Gasteiger partial charge in [-0.05, 0) is 44.2 Å². The molecule has 0 aromatic heterocycles. The van der Waals surface area contributed by atoms with E-state index in [1.54, 1.807) is 0 Å². The molecule has 4 rings (SSSR count). The lowest BCUT2D eigenvalue weighted by Gasteiger charge is -2.45. The highest BCUT2D eigenvalue weighted by atomic mass is 16.3. The fourth-order valence-corrected chi connectivity index (χ4v) is 4.61. The third-order valence-corrected chi connectivity index (χ3v) is 5.81. The summed E-state index contributed by atoms with van der Waals surface area (Å²) in [6, 6.07) is 15.4. The van der Waals surface area contributed by atoms with Crippen LogP contribution in [0.15, 0.2) is 36.4 Å². The quantitative estimate of drug-likeness (QED) is 0.912. The molecule has 0 aliphatic carbocycles. The molecule has 0 amide bonds. The largest absolute Gasteiger partial charge is 0.390 e. The molecule has 118 valence electrons. The van der Waals surface area contributed by atoms with Crippen LogP contribution in [-0.4, -0.2) is 22.8 Å². The maximum absolute atomic E-state index is 10.8. The summed E-state index contributed by atoms with van der Waals surface area (Å²) in [4.78, 5) is 2.52. The van der Waals surface area contributed by atoms with Crippen molar-refractivity contribution in [3.63, 3.8) is 0 Å². The van der Waals surface area contributed by atoms with Crippen LogP contribution >= 0.6 is 0 Å². The van der Waals surface area contributed by atoms with Gasteiger partial charge in [0.05, 0.1) is 17.2 Å². The molecule has 2 saturated heterocycles. The Bertz CT molecular complexity index is 778. The van der Waals surface area contributed by atoms with Gasteiger partial charge < -0.3 is 10.0 Å². The number of benzene rings is 2. The van der Waals surface area contributed by atoms with Crippen LogP contribution in [0.3, 0.4) is 0 Å². The van der Waals surface area contributed by atoms with Crippen LogP contribution < -0.4 is 4.90 Å². The first kappa shape index (κ1) is 14.5. The highest BCUT2D eigenvalue weighted by Crippen LogP contribution is 2.46. The first-order chi connectivity index (χ1) is 11.1. The zero-order valence-electron chi connectivity index (χ0n) is 13.5. The van der Waals surface area contributed by atoms with Crippen LogP contribution in [0.1, 0.15) is 44.6 Å². The second kappa shape index (κ2) is 5.25. The molecule has 1 unspecified atom stereocenters. The molecule has 23 heavy (non-hydrogen) atoms. The number of hydrogen-bond donors (Lipinski definition) is 1. The number of rotatable bonds is 2. The van der Waals surface area contributed by atoms with Gasteiger partial charge in [-0.25, -0.2) is 0 Å². The Balaban J connectivity index is 1.81. The standard InChI is InChI=1S/C20H22N2O/c1-2-20(23)11-15-8-9-16(12-20)22(15)19-10-7-14(13-21)17-5-3-4-6-18(17)19/h3-7,10,15-16,23H,2,8-9,11-12H2,1H3/t15-,16+,20?. The van der Waals surface area contributed by atoms with Crippen molar-refractivity contribution in [2.24, 2.45) is 0 Å².